The Balaban J connectivity index is 1.50. The Labute approximate surface area is 168 Å². The van der Waals surface area contributed by atoms with Crippen molar-refractivity contribution in [2.24, 2.45) is 4.99 Å². The van der Waals surface area contributed by atoms with Crippen molar-refractivity contribution in [2.45, 2.75) is 20.0 Å². The van der Waals surface area contributed by atoms with Gasteiger partial charge in [0, 0.05) is 42.0 Å². The summed E-state index contributed by atoms with van der Waals surface area (Å²) in [6.45, 7) is 4.59. The Morgan fingerprint density at radius 3 is 2.57 bits per heavy atom. The number of piperazine rings is 1. The lowest BCUT2D eigenvalue weighted by molar-refractivity contribution is -0.123. The van der Waals surface area contributed by atoms with Crippen LogP contribution in [0.15, 0.2) is 41.4 Å². The molecule has 1 aromatic heterocycles. The highest BCUT2D eigenvalue weighted by Crippen LogP contribution is 2.14. The van der Waals surface area contributed by atoms with E-state index in [1.807, 2.05) is 12.1 Å². The van der Waals surface area contributed by atoms with Crippen LogP contribution < -0.4 is 16.0 Å². The molecule has 1 saturated heterocycles. The molecule has 0 radical (unpaired) electrons. The molecule has 3 N–H and O–H groups in total. The lowest BCUT2D eigenvalue weighted by Gasteiger charge is -2.26. The third-order valence-electron chi connectivity index (χ3n) is 4.44. The molecule has 1 fully saturated rings. The van der Waals surface area contributed by atoms with Crippen LogP contribution in [-0.4, -0.2) is 49.4 Å². The van der Waals surface area contributed by atoms with Gasteiger partial charge in [-0.05, 0) is 36.8 Å². The number of nitrogens with one attached hydrogen (secondary N) is 3. The summed E-state index contributed by atoms with van der Waals surface area (Å²) in [5.74, 6) is 0.501. The number of thiophene rings is 1. The molecular formula is C20H25N5O2S. The first kappa shape index (κ1) is 19.9. The third kappa shape index (κ3) is 5.32. The van der Waals surface area contributed by atoms with E-state index in [0.29, 0.717) is 25.2 Å². The molecule has 0 aliphatic carbocycles. The zero-order chi connectivity index (χ0) is 19.9. The molecule has 0 saturated carbocycles. The van der Waals surface area contributed by atoms with Gasteiger partial charge in [0.05, 0.1) is 13.1 Å². The maximum Gasteiger partial charge on any atom is 0.254 e. The van der Waals surface area contributed by atoms with Gasteiger partial charge in [-0.1, -0.05) is 12.1 Å². The van der Waals surface area contributed by atoms with Crippen molar-refractivity contribution >= 4 is 29.1 Å². The summed E-state index contributed by atoms with van der Waals surface area (Å²) < 4.78 is 0. The zero-order valence-electron chi connectivity index (χ0n) is 16.1. The second-order valence-electron chi connectivity index (χ2n) is 6.57. The van der Waals surface area contributed by atoms with Crippen molar-refractivity contribution in [2.75, 3.05) is 26.7 Å². The zero-order valence-corrected chi connectivity index (χ0v) is 16.9. The number of aryl methyl sites for hydroxylation is 1. The lowest BCUT2D eigenvalue weighted by Crippen LogP contribution is -2.49. The van der Waals surface area contributed by atoms with E-state index in [4.69, 9.17) is 0 Å². The van der Waals surface area contributed by atoms with Crippen LogP contribution in [0.4, 0.5) is 0 Å². The number of nitrogens with zero attached hydrogens (tertiary/aromatic N) is 2. The minimum Gasteiger partial charge on any atom is -0.353 e. The molecule has 2 heterocycles. The van der Waals surface area contributed by atoms with E-state index in [1.165, 1.54) is 9.75 Å². The number of hydrogen-bond donors (Lipinski definition) is 3. The van der Waals surface area contributed by atoms with Gasteiger partial charge in [-0.3, -0.25) is 14.6 Å². The minimum absolute atomic E-state index is 0.113. The van der Waals surface area contributed by atoms with Gasteiger partial charge in [-0.25, -0.2) is 0 Å². The first-order valence-electron chi connectivity index (χ1n) is 9.20. The fourth-order valence-electron chi connectivity index (χ4n) is 2.92. The Morgan fingerprint density at radius 1 is 1.18 bits per heavy atom. The molecule has 28 heavy (non-hydrogen) atoms. The minimum atomic E-state index is -0.114. The number of guanidine groups is 1. The average molecular weight is 400 g/mol. The van der Waals surface area contributed by atoms with Crippen LogP contribution in [-0.2, 0) is 17.9 Å². The van der Waals surface area contributed by atoms with E-state index in [-0.39, 0.29) is 18.4 Å². The van der Waals surface area contributed by atoms with E-state index >= 15 is 0 Å². The molecule has 1 aromatic carbocycles. The van der Waals surface area contributed by atoms with Crippen molar-refractivity contribution in [1.29, 1.82) is 0 Å². The van der Waals surface area contributed by atoms with Crippen LogP contribution in [0.5, 0.6) is 0 Å². The molecular weight excluding hydrogens is 374 g/mol. The van der Waals surface area contributed by atoms with Gasteiger partial charge in [0.2, 0.25) is 5.91 Å². The lowest BCUT2D eigenvalue weighted by atomic mass is 10.1. The highest BCUT2D eigenvalue weighted by Gasteiger charge is 2.22. The number of hydrogen-bond acceptors (Lipinski definition) is 4. The van der Waals surface area contributed by atoms with Gasteiger partial charge in [0.25, 0.3) is 5.91 Å². The second kappa shape index (κ2) is 9.36. The summed E-state index contributed by atoms with van der Waals surface area (Å²) in [5.41, 5.74) is 1.64. The van der Waals surface area contributed by atoms with Crippen LogP contribution in [0.25, 0.3) is 0 Å². The molecule has 7 nitrogen and oxygen atoms in total. The predicted molar refractivity (Wildman–Crippen MR) is 111 cm³/mol. The molecule has 0 spiro atoms. The number of benzene rings is 1. The monoisotopic (exact) mass is 399 g/mol. The SMILES string of the molecule is CN=C(NCc1ccc(C(=O)N2CCNC(=O)C2)cc1)NCc1ccc(C)s1. The fourth-order valence-corrected chi connectivity index (χ4v) is 3.75. The molecule has 2 aromatic rings. The summed E-state index contributed by atoms with van der Waals surface area (Å²) in [6, 6.07) is 11.7. The van der Waals surface area contributed by atoms with Gasteiger partial charge in [-0.15, -0.1) is 11.3 Å². The Bertz CT molecular complexity index is 860. The van der Waals surface area contributed by atoms with E-state index in [9.17, 15) is 9.59 Å². The standard InChI is InChI=1S/C20H25N5O2S/c1-14-3-8-17(28-14)12-24-20(21-2)23-11-15-4-6-16(7-5-15)19(27)25-10-9-22-18(26)13-25/h3-8H,9-13H2,1-2H3,(H,22,26)(H2,21,23,24). The second-order valence-corrected chi connectivity index (χ2v) is 7.94. The van der Waals surface area contributed by atoms with Crippen molar-refractivity contribution < 1.29 is 9.59 Å². The molecule has 8 heteroatoms. The molecule has 148 valence electrons. The summed E-state index contributed by atoms with van der Waals surface area (Å²) in [6.07, 6.45) is 0. The van der Waals surface area contributed by atoms with Crippen molar-refractivity contribution in [3.8, 4) is 0 Å². The number of carbonyl (C=O) groups is 2. The number of amides is 2. The van der Waals surface area contributed by atoms with E-state index in [2.05, 4.69) is 40.0 Å². The quantitative estimate of drug-likeness (QED) is 0.525. The molecule has 0 bridgehead atoms. The van der Waals surface area contributed by atoms with Crippen molar-refractivity contribution in [1.82, 2.24) is 20.9 Å². The molecule has 2 amide bonds. The predicted octanol–water partition coefficient (Wildman–Crippen LogP) is 1.49. The molecule has 1 aliphatic heterocycles. The van der Waals surface area contributed by atoms with Crippen LogP contribution in [0.1, 0.15) is 25.7 Å². The van der Waals surface area contributed by atoms with E-state index in [1.54, 1.807) is 35.4 Å². The Kier molecular flexibility index (Phi) is 6.65. The van der Waals surface area contributed by atoms with Gasteiger partial charge >= 0.3 is 0 Å². The highest BCUT2D eigenvalue weighted by molar-refractivity contribution is 7.11. The summed E-state index contributed by atoms with van der Waals surface area (Å²) in [4.78, 5) is 32.3. The Morgan fingerprint density at radius 2 is 1.93 bits per heavy atom. The Hall–Kier alpha value is -2.87. The smallest absolute Gasteiger partial charge is 0.254 e. The fraction of sp³-hybridized carbons (Fsp3) is 0.350. The van der Waals surface area contributed by atoms with Gasteiger partial charge in [-0.2, -0.15) is 0 Å². The maximum atomic E-state index is 12.5. The van der Waals surface area contributed by atoms with Gasteiger partial charge in [0.15, 0.2) is 5.96 Å². The molecule has 0 atom stereocenters. The van der Waals surface area contributed by atoms with Gasteiger partial charge in [0.1, 0.15) is 0 Å². The van der Waals surface area contributed by atoms with Crippen molar-refractivity contribution in [3.05, 3.63) is 57.3 Å². The highest BCUT2D eigenvalue weighted by atomic mass is 32.1. The summed E-state index contributed by atoms with van der Waals surface area (Å²) in [5, 5.41) is 9.30. The van der Waals surface area contributed by atoms with E-state index < -0.39 is 0 Å². The number of carbonyl (C=O) groups excluding carboxylic acids is 2. The maximum absolute atomic E-state index is 12.5. The topological polar surface area (TPSA) is 85.8 Å². The van der Waals surface area contributed by atoms with Crippen LogP contribution in [0.2, 0.25) is 0 Å². The molecule has 0 unspecified atom stereocenters. The largest absolute Gasteiger partial charge is 0.353 e. The summed E-state index contributed by atoms with van der Waals surface area (Å²) in [7, 11) is 1.74. The van der Waals surface area contributed by atoms with Crippen LogP contribution >= 0.6 is 11.3 Å². The first-order chi connectivity index (χ1) is 13.5. The normalized spacial score (nSPS) is 14.6. The van der Waals surface area contributed by atoms with Crippen molar-refractivity contribution in [3.63, 3.8) is 0 Å². The average Bonchev–Trinajstić information content (AvgIpc) is 3.13. The van der Waals surface area contributed by atoms with Crippen LogP contribution in [0, 0.1) is 6.92 Å². The number of aliphatic imine (C=N–C) groups is 1. The number of rotatable bonds is 5. The first-order valence-corrected chi connectivity index (χ1v) is 10.0. The molecule has 1 aliphatic rings. The third-order valence-corrected chi connectivity index (χ3v) is 5.44. The van der Waals surface area contributed by atoms with E-state index in [0.717, 1.165) is 18.1 Å². The van der Waals surface area contributed by atoms with Gasteiger partial charge < -0.3 is 20.9 Å². The summed E-state index contributed by atoms with van der Waals surface area (Å²) >= 11 is 1.76. The van der Waals surface area contributed by atoms with Crippen LogP contribution in [0.3, 0.4) is 0 Å². The molecule has 3 rings (SSSR count).